The average Bonchev–Trinajstić information content (AvgIpc) is 3.59. The molecule has 2 aromatic heterocycles. The number of methoxy groups -OCH3 is 2. The number of nitrogens with two attached hydrogens (primary N) is 2. The maximum absolute atomic E-state index is 13.3. The second-order valence-electron chi connectivity index (χ2n) is 9.98. The summed E-state index contributed by atoms with van der Waals surface area (Å²) in [5.74, 6) is 0.685. The molecule has 3 aromatic carbocycles. The number of imide groups is 1. The fourth-order valence-electron chi connectivity index (χ4n) is 7.00. The number of rotatable bonds is 2. The normalized spacial score (nSPS) is 21.1. The predicted molar refractivity (Wildman–Crippen MR) is 143 cm³/mol. The van der Waals surface area contributed by atoms with Gasteiger partial charge in [-0.2, -0.15) is 0 Å². The summed E-state index contributed by atoms with van der Waals surface area (Å²) in [6.45, 7) is 0. The molecule has 0 radical (unpaired) electrons. The zero-order valence-corrected chi connectivity index (χ0v) is 20.8. The molecule has 0 spiro atoms. The Morgan fingerprint density at radius 2 is 1.37 bits per heavy atom. The minimum Gasteiger partial charge on any atom is -0.497 e. The molecule has 3 aliphatic rings. The van der Waals surface area contributed by atoms with Gasteiger partial charge < -0.3 is 30.1 Å². The molecule has 3 unspecified atom stereocenters. The van der Waals surface area contributed by atoms with Gasteiger partial charge in [0.15, 0.2) is 0 Å². The summed E-state index contributed by atoms with van der Waals surface area (Å²) >= 11 is 0. The molecule has 1 saturated carbocycles. The maximum Gasteiger partial charge on any atom is 0.259 e. The smallest absolute Gasteiger partial charge is 0.259 e. The van der Waals surface area contributed by atoms with Crippen LogP contribution in [0.25, 0.3) is 43.6 Å². The van der Waals surface area contributed by atoms with Crippen molar-refractivity contribution in [1.29, 1.82) is 0 Å². The first-order chi connectivity index (χ1) is 18.4. The summed E-state index contributed by atoms with van der Waals surface area (Å²) in [5.41, 5.74) is 15.8. The quantitative estimate of drug-likeness (QED) is 0.245. The van der Waals surface area contributed by atoms with Gasteiger partial charge in [-0.25, -0.2) is 0 Å². The van der Waals surface area contributed by atoms with Crippen LogP contribution in [0.15, 0.2) is 36.4 Å². The Labute approximate surface area is 216 Å². The first kappa shape index (κ1) is 22.6. The van der Waals surface area contributed by atoms with Gasteiger partial charge in [-0.1, -0.05) is 0 Å². The van der Waals surface area contributed by atoms with Crippen molar-refractivity contribution in [3.8, 4) is 11.5 Å². The lowest BCUT2D eigenvalue weighted by atomic mass is 9.96. The van der Waals surface area contributed by atoms with E-state index in [4.69, 9.17) is 20.0 Å². The zero-order chi connectivity index (χ0) is 26.5. The van der Waals surface area contributed by atoms with E-state index in [1.54, 1.807) is 14.2 Å². The standard InChI is InChI=1S/C27H22N4O4.CH3NO/c1-34-12-3-5-17-14(9-12)20-22-23(27(33)29-26(22)32)21-15-10-13(35-2)4-6-18(15)31-19-8-11(7-16(19)28)30(17)24(20)25(21)31;2-1-3/h3-6,9-11,16,19H,7-8,28H2,1-2H3,(H,29,32,33);1H,(H2,2,3). The van der Waals surface area contributed by atoms with Crippen LogP contribution in [0.3, 0.4) is 0 Å². The van der Waals surface area contributed by atoms with E-state index >= 15 is 0 Å². The molecule has 4 heterocycles. The van der Waals surface area contributed by atoms with Gasteiger partial charge in [0.2, 0.25) is 6.41 Å². The monoisotopic (exact) mass is 511 g/mol. The van der Waals surface area contributed by atoms with E-state index in [9.17, 15) is 9.59 Å². The van der Waals surface area contributed by atoms with Crippen molar-refractivity contribution in [3.63, 3.8) is 0 Å². The number of nitrogens with zero attached hydrogens (tertiary/aromatic N) is 2. The molecule has 1 aliphatic carbocycles. The number of benzene rings is 3. The number of fused-ring (bicyclic) bond motifs is 13. The van der Waals surface area contributed by atoms with Crippen molar-refractivity contribution in [1.82, 2.24) is 14.5 Å². The summed E-state index contributed by atoms with van der Waals surface area (Å²) in [6, 6.07) is 12.2. The Bertz CT molecular complexity index is 1880. The van der Waals surface area contributed by atoms with Gasteiger partial charge in [0.1, 0.15) is 11.5 Å². The maximum atomic E-state index is 13.3. The number of amides is 3. The van der Waals surface area contributed by atoms with Crippen LogP contribution >= 0.6 is 0 Å². The number of hydrogen-bond donors (Lipinski definition) is 3. The molecule has 8 rings (SSSR count). The number of carbonyl (C=O) groups excluding carboxylic acids is 3. The molecule has 5 aromatic rings. The van der Waals surface area contributed by atoms with Crippen LogP contribution in [0.5, 0.6) is 11.5 Å². The third kappa shape index (κ3) is 2.62. The van der Waals surface area contributed by atoms with Crippen LogP contribution in [-0.2, 0) is 4.79 Å². The summed E-state index contributed by atoms with van der Waals surface area (Å²) in [4.78, 5) is 35.2. The first-order valence-electron chi connectivity index (χ1n) is 12.4. The molecular weight excluding hydrogens is 486 g/mol. The highest BCUT2D eigenvalue weighted by Gasteiger charge is 2.44. The molecule has 5 N–H and O–H groups in total. The predicted octanol–water partition coefficient (Wildman–Crippen LogP) is 3.12. The molecule has 0 saturated heterocycles. The van der Waals surface area contributed by atoms with Crippen LogP contribution in [0, 0.1) is 0 Å². The van der Waals surface area contributed by atoms with Crippen molar-refractivity contribution >= 4 is 61.8 Å². The molecular formula is C28H25N5O5. The topological polar surface area (TPSA) is 144 Å². The van der Waals surface area contributed by atoms with E-state index in [-0.39, 0.29) is 36.3 Å². The minimum atomic E-state index is -0.365. The minimum absolute atomic E-state index is 0.0245. The highest BCUT2D eigenvalue weighted by molar-refractivity contribution is 6.39. The molecule has 10 heteroatoms. The van der Waals surface area contributed by atoms with Crippen LogP contribution in [0.1, 0.15) is 45.6 Å². The van der Waals surface area contributed by atoms with Crippen molar-refractivity contribution in [2.75, 3.05) is 14.2 Å². The Kier molecular flexibility index (Phi) is 4.59. The van der Waals surface area contributed by atoms with Crippen LogP contribution in [-0.4, -0.2) is 47.6 Å². The Balaban J connectivity index is 0.000000773. The fourth-order valence-corrected chi connectivity index (χ4v) is 7.00. The lowest BCUT2D eigenvalue weighted by Crippen LogP contribution is -2.27. The second kappa shape index (κ2) is 7.72. The number of ether oxygens (including phenoxy) is 2. The lowest BCUT2D eigenvalue weighted by molar-refractivity contribution is -0.106. The first-order valence-corrected chi connectivity index (χ1v) is 12.4. The van der Waals surface area contributed by atoms with Crippen LogP contribution < -0.4 is 26.3 Å². The van der Waals surface area contributed by atoms with Gasteiger partial charge >= 0.3 is 0 Å². The third-order valence-corrected chi connectivity index (χ3v) is 8.32. The van der Waals surface area contributed by atoms with Crippen molar-refractivity contribution in [2.24, 2.45) is 11.5 Å². The highest BCUT2D eigenvalue weighted by atomic mass is 16.5. The van der Waals surface area contributed by atoms with E-state index in [2.05, 4.69) is 26.3 Å². The van der Waals surface area contributed by atoms with Gasteiger partial charge in [0, 0.05) is 44.7 Å². The van der Waals surface area contributed by atoms with Crippen LogP contribution in [0.2, 0.25) is 0 Å². The van der Waals surface area contributed by atoms with Gasteiger partial charge in [-0.3, -0.25) is 19.7 Å². The summed E-state index contributed by atoms with van der Waals surface area (Å²) in [6.07, 6.45) is 1.98. The van der Waals surface area contributed by atoms with E-state index in [0.29, 0.717) is 22.6 Å². The number of nitrogens with one attached hydrogen (secondary N) is 1. The lowest BCUT2D eigenvalue weighted by Gasteiger charge is -2.21. The van der Waals surface area contributed by atoms with Crippen molar-refractivity contribution < 1.29 is 23.9 Å². The molecule has 2 bridgehead atoms. The van der Waals surface area contributed by atoms with Gasteiger partial charge in [-0.05, 0) is 49.2 Å². The largest absolute Gasteiger partial charge is 0.497 e. The number of primary amides is 1. The molecule has 3 amide bonds. The molecule has 1 fully saturated rings. The SMILES string of the molecule is COc1ccc2c(c1)c1c3c(c4c5cc(OC)ccc5n5c4c1n2C1CC(N)C5C1)C(=O)NC3=O.NC=O. The van der Waals surface area contributed by atoms with Crippen LogP contribution in [0.4, 0.5) is 0 Å². The number of carbonyl (C=O) groups is 3. The summed E-state index contributed by atoms with van der Waals surface area (Å²) in [5, 5.41) is 5.98. The van der Waals surface area contributed by atoms with E-state index in [0.717, 1.165) is 56.5 Å². The molecule has 3 atom stereocenters. The molecule has 192 valence electrons. The summed E-state index contributed by atoms with van der Waals surface area (Å²) in [7, 11) is 3.26. The Morgan fingerprint density at radius 3 is 1.89 bits per heavy atom. The van der Waals surface area contributed by atoms with Crippen molar-refractivity contribution in [2.45, 2.75) is 31.0 Å². The van der Waals surface area contributed by atoms with E-state index < -0.39 is 0 Å². The van der Waals surface area contributed by atoms with Gasteiger partial charge in [0.05, 0.1) is 42.4 Å². The zero-order valence-electron chi connectivity index (χ0n) is 20.8. The average molecular weight is 512 g/mol. The molecule has 10 nitrogen and oxygen atoms in total. The van der Waals surface area contributed by atoms with E-state index in [1.165, 1.54) is 0 Å². The van der Waals surface area contributed by atoms with Crippen molar-refractivity contribution in [3.05, 3.63) is 47.5 Å². The Morgan fingerprint density at radius 1 is 0.868 bits per heavy atom. The number of hydrogen-bond acceptors (Lipinski definition) is 6. The molecule has 38 heavy (non-hydrogen) atoms. The number of aromatic nitrogens is 2. The van der Waals surface area contributed by atoms with E-state index in [1.807, 2.05) is 30.3 Å². The molecule has 2 aliphatic heterocycles. The highest BCUT2D eigenvalue weighted by Crippen LogP contribution is 2.53. The summed E-state index contributed by atoms with van der Waals surface area (Å²) < 4.78 is 15.8. The second-order valence-corrected chi connectivity index (χ2v) is 9.98. The Hall–Kier alpha value is -4.57. The third-order valence-electron chi connectivity index (χ3n) is 8.32. The van der Waals surface area contributed by atoms with Gasteiger partial charge in [-0.15, -0.1) is 0 Å². The van der Waals surface area contributed by atoms with Gasteiger partial charge in [0.25, 0.3) is 11.8 Å². The fraction of sp³-hybridized carbons (Fsp3) is 0.250.